The molecule has 1 aromatic heterocycles. The molecule has 5 aliphatic carbocycles. The SMILES string of the molecule is C=C/C=C(\C=C)c1cn(C)c([C@@H]2CCCN2C(=O)[C@]23CC[C@@H](C(=C)C)C2[C@H]2CCC4[C@@]5(C)CC[C@H](O)C(C)(C)C5CC[C@@]4(C)[C@]2(C)CC3)n1. The molecule has 0 spiro atoms. The van der Waals surface area contributed by atoms with Crippen LogP contribution in [0.1, 0.15) is 136 Å². The van der Waals surface area contributed by atoms with Crippen LogP contribution in [0, 0.1) is 56.7 Å². The Bertz CT molecular complexity index is 1570. The maximum atomic E-state index is 15.4. The Labute approximate surface area is 297 Å². The highest BCUT2D eigenvalue weighted by molar-refractivity contribution is 5.85. The molecule has 5 saturated carbocycles. The van der Waals surface area contributed by atoms with Crippen LogP contribution in [0.15, 0.2) is 49.7 Å². The Hall–Kier alpha value is -2.40. The summed E-state index contributed by atoms with van der Waals surface area (Å²) in [5.74, 6) is 3.91. The zero-order chi connectivity index (χ0) is 35.3. The molecule has 2 heterocycles. The van der Waals surface area contributed by atoms with Crippen molar-refractivity contribution in [3.8, 4) is 0 Å². The van der Waals surface area contributed by atoms with Crippen LogP contribution in [0.4, 0.5) is 0 Å². The molecule has 0 radical (unpaired) electrons. The van der Waals surface area contributed by atoms with E-state index in [1.165, 1.54) is 31.3 Å². The number of fused-ring (bicyclic) bond motifs is 7. The van der Waals surface area contributed by atoms with E-state index >= 15 is 4.79 Å². The number of aromatic nitrogens is 2. The zero-order valence-electron chi connectivity index (χ0n) is 31.9. The maximum Gasteiger partial charge on any atom is 0.229 e. The third kappa shape index (κ3) is 4.71. The van der Waals surface area contributed by atoms with Gasteiger partial charge in [-0.15, -0.1) is 0 Å². The van der Waals surface area contributed by atoms with Gasteiger partial charge in [-0.3, -0.25) is 4.79 Å². The van der Waals surface area contributed by atoms with Gasteiger partial charge in [0.25, 0.3) is 0 Å². The van der Waals surface area contributed by atoms with Crippen molar-refractivity contribution in [2.45, 2.75) is 131 Å². The maximum absolute atomic E-state index is 15.4. The first-order valence-corrected chi connectivity index (χ1v) is 19.7. The molecule has 49 heavy (non-hydrogen) atoms. The average molecular weight is 668 g/mol. The van der Waals surface area contributed by atoms with Gasteiger partial charge in [-0.1, -0.05) is 78.2 Å². The topological polar surface area (TPSA) is 58.4 Å². The fourth-order valence-electron chi connectivity index (χ4n) is 14.4. The lowest BCUT2D eigenvalue weighted by molar-refractivity contribution is -0.247. The second-order valence-electron chi connectivity index (χ2n) is 19.0. The predicted molar refractivity (Wildman–Crippen MR) is 200 cm³/mol. The molecule has 1 saturated heterocycles. The Morgan fingerprint density at radius 3 is 2.39 bits per heavy atom. The fraction of sp³-hybridized carbons (Fsp3) is 0.727. The summed E-state index contributed by atoms with van der Waals surface area (Å²) in [7, 11) is 2.07. The summed E-state index contributed by atoms with van der Waals surface area (Å²) < 4.78 is 2.13. The number of imidazole rings is 1. The summed E-state index contributed by atoms with van der Waals surface area (Å²) >= 11 is 0. The van der Waals surface area contributed by atoms with E-state index in [1.807, 2.05) is 12.2 Å². The third-order valence-corrected chi connectivity index (χ3v) is 17.0. The number of hydrogen-bond donors (Lipinski definition) is 1. The average Bonchev–Trinajstić information content (AvgIpc) is 3.79. The molecule has 268 valence electrons. The van der Waals surface area contributed by atoms with Crippen LogP contribution >= 0.6 is 0 Å². The van der Waals surface area contributed by atoms with Crippen molar-refractivity contribution in [3.05, 3.63) is 61.3 Å². The lowest BCUT2D eigenvalue weighted by atomic mass is 9.32. The Morgan fingerprint density at radius 2 is 1.69 bits per heavy atom. The van der Waals surface area contributed by atoms with E-state index < -0.39 is 0 Å². The van der Waals surface area contributed by atoms with Gasteiger partial charge in [0, 0.05) is 25.4 Å². The van der Waals surface area contributed by atoms with Crippen LogP contribution in [-0.4, -0.2) is 38.1 Å². The number of aliphatic hydroxyl groups excluding tert-OH is 1. The molecule has 1 N–H and O–H groups in total. The number of hydrogen-bond acceptors (Lipinski definition) is 3. The van der Waals surface area contributed by atoms with Gasteiger partial charge in [-0.25, -0.2) is 4.98 Å². The molecule has 7 rings (SSSR count). The number of carbonyl (C=O) groups excluding carboxylic acids is 1. The van der Waals surface area contributed by atoms with E-state index in [0.717, 1.165) is 75.0 Å². The molecule has 5 heteroatoms. The van der Waals surface area contributed by atoms with Crippen molar-refractivity contribution in [1.82, 2.24) is 14.5 Å². The Morgan fingerprint density at radius 1 is 0.939 bits per heavy atom. The van der Waals surface area contributed by atoms with Crippen molar-refractivity contribution >= 4 is 11.5 Å². The molecule has 1 aromatic rings. The van der Waals surface area contributed by atoms with Gasteiger partial charge >= 0.3 is 0 Å². The lowest BCUT2D eigenvalue weighted by Gasteiger charge is -2.73. The first-order chi connectivity index (χ1) is 23.1. The number of amides is 1. The van der Waals surface area contributed by atoms with E-state index in [2.05, 4.69) is 84.0 Å². The van der Waals surface area contributed by atoms with E-state index in [0.29, 0.717) is 35.5 Å². The molecule has 5 nitrogen and oxygen atoms in total. The Kier molecular flexibility index (Phi) is 8.45. The lowest BCUT2D eigenvalue weighted by Crippen LogP contribution is -2.67. The molecule has 0 aromatic carbocycles. The first-order valence-electron chi connectivity index (χ1n) is 19.7. The van der Waals surface area contributed by atoms with E-state index in [1.54, 1.807) is 6.08 Å². The number of likely N-dealkylation sites (tertiary alicyclic amines) is 1. The van der Waals surface area contributed by atoms with Crippen molar-refractivity contribution in [3.63, 3.8) is 0 Å². The molecular formula is C44H65N3O2. The van der Waals surface area contributed by atoms with Crippen LogP contribution in [0.5, 0.6) is 0 Å². The Balaban J connectivity index is 1.23. The number of rotatable bonds is 6. The standard InChI is InChI=1S/C44H65N3O2/c1-11-14-29(12-2)32-27-46(10)38(45-32)33-15-13-26-47(33)39(49)44-23-18-30(28(3)4)37(44)31-16-17-35-41(7)21-20-36(48)40(5,6)34(41)19-22-43(35,9)42(31,8)24-25-44/h11-12,14,27,30-31,33-37,48H,1-3,13,15-26H2,4-10H3/b29-14+/t30-,31+,33-,34?,35?,36-,37?,41-,42+,43+,44-/m0/s1. The second kappa shape index (κ2) is 11.8. The van der Waals surface area contributed by atoms with Gasteiger partial charge in [0.1, 0.15) is 5.82 Å². The molecular weight excluding hydrogens is 603 g/mol. The normalized spacial score (nSPS) is 44.4. The third-order valence-electron chi connectivity index (χ3n) is 17.0. The molecule has 0 bridgehead atoms. The summed E-state index contributed by atoms with van der Waals surface area (Å²) in [4.78, 5) is 22.8. The smallest absolute Gasteiger partial charge is 0.229 e. The van der Waals surface area contributed by atoms with Crippen molar-refractivity contribution in [1.29, 1.82) is 0 Å². The summed E-state index contributed by atoms with van der Waals surface area (Å²) in [6.07, 6.45) is 20.7. The van der Waals surface area contributed by atoms with Crippen molar-refractivity contribution < 1.29 is 9.90 Å². The highest BCUT2D eigenvalue weighted by Gasteiger charge is 2.72. The minimum atomic E-state index is -0.319. The van der Waals surface area contributed by atoms with E-state index in [4.69, 9.17) is 4.98 Å². The van der Waals surface area contributed by atoms with Gasteiger partial charge in [-0.05, 0) is 135 Å². The minimum absolute atomic E-state index is 0.00162. The zero-order valence-corrected chi connectivity index (χ0v) is 31.9. The van der Waals surface area contributed by atoms with Crippen LogP contribution in [0.2, 0.25) is 0 Å². The predicted octanol–water partition coefficient (Wildman–Crippen LogP) is 9.86. The fourth-order valence-corrected chi connectivity index (χ4v) is 14.4. The highest BCUT2D eigenvalue weighted by atomic mass is 16.3. The van der Waals surface area contributed by atoms with Gasteiger partial charge in [0.15, 0.2) is 0 Å². The molecule has 6 aliphatic rings. The molecule has 11 atom stereocenters. The number of carbonyl (C=O) groups is 1. The van der Waals surface area contributed by atoms with Crippen molar-refractivity contribution in [2.75, 3.05) is 6.54 Å². The summed E-state index contributed by atoms with van der Waals surface area (Å²) in [5, 5.41) is 11.1. The van der Waals surface area contributed by atoms with Crippen molar-refractivity contribution in [2.24, 2.45) is 63.7 Å². The van der Waals surface area contributed by atoms with Gasteiger partial charge in [0.2, 0.25) is 5.91 Å². The van der Waals surface area contributed by atoms with Gasteiger partial charge in [0.05, 0.1) is 23.3 Å². The monoisotopic (exact) mass is 668 g/mol. The number of aliphatic hydroxyl groups is 1. The van der Waals surface area contributed by atoms with Crippen LogP contribution in [0.25, 0.3) is 5.57 Å². The van der Waals surface area contributed by atoms with E-state index in [-0.39, 0.29) is 39.2 Å². The summed E-state index contributed by atoms with van der Waals surface area (Å²) in [5.41, 5.74) is 3.46. The number of nitrogens with zero attached hydrogens (tertiary/aromatic N) is 3. The molecule has 6 fully saturated rings. The first kappa shape index (κ1) is 35.0. The van der Waals surface area contributed by atoms with Crippen LogP contribution in [0.3, 0.4) is 0 Å². The quantitative estimate of drug-likeness (QED) is 0.243. The summed E-state index contributed by atoms with van der Waals surface area (Å²) in [6.45, 7) is 28.2. The van der Waals surface area contributed by atoms with Gasteiger partial charge in [-0.2, -0.15) is 0 Å². The minimum Gasteiger partial charge on any atom is -0.393 e. The molecule has 3 unspecified atom stereocenters. The number of allylic oxidation sites excluding steroid dienone is 5. The van der Waals surface area contributed by atoms with Gasteiger partial charge < -0.3 is 14.6 Å². The summed E-state index contributed by atoms with van der Waals surface area (Å²) in [6, 6.07) is 0.00162. The number of aryl methyl sites for hydroxylation is 1. The van der Waals surface area contributed by atoms with E-state index in [9.17, 15) is 5.11 Å². The molecule has 1 amide bonds. The van der Waals surface area contributed by atoms with Crippen LogP contribution < -0.4 is 0 Å². The molecule has 1 aliphatic heterocycles. The van der Waals surface area contributed by atoms with Crippen LogP contribution in [-0.2, 0) is 11.8 Å². The largest absolute Gasteiger partial charge is 0.393 e. The second-order valence-corrected chi connectivity index (χ2v) is 19.0. The highest BCUT2D eigenvalue weighted by Crippen LogP contribution is 2.77.